The fourth-order valence-corrected chi connectivity index (χ4v) is 5.03. The molecule has 43 heavy (non-hydrogen) atoms. The summed E-state index contributed by atoms with van der Waals surface area (Å²) in [6, 6.07) is 0. The van der Waals surface area contributed by atoms with Gasteiger partial charge in [-0.2, -0.15) is 0 Å². The third-order valence-corrected chi connectivity index (χ3v) is 8.01. The maximum atomic E-state index is 10.7. The Morgan fingerprint density at radius 3 is 1.19 bits per heavy atom. The number of benzene rings is 1. The summed E-state index contributed by atoms with van der Waals surface area (Å²) in [5.41, 5.74) is 9.82. The molecule has 0 aromatic heterocycles. The lowest BCUT2D eigenvalue weighted by atomic mass is 9.99. The maximum Gasteiger partial charge on any atom is 0.207 e. The lowest BCUT2D eigenvalue weighted by Gasteiger charge is -2.17. The number of allylic oxidation sites excluding steroid dienone is 12. The fraction of sp³-hybridized carbons (Fsp3) is 0.538. The van der Waals surface area contributed by atoms with Crippen molar-refractivity contribution in [2.75, 3.05) is 14.2 Å². The van der Waals surface area contributed by atoms with Crippen molar-refractivity contribution in [1.82, 2.24) is 0 Å². The van der Waals surface area contributed by atoms with E-state index in [9.17, 15) is 10.2 Å². The predicted molar refractivity (Wildman–Crippen MR) is 186 cm³/mol. The molecule has 0 aliphatic carbocycles. The highest BCUT2D eigenvalue weighted by Gasteiger charge is 2.22. The lowest BCUT2D eigenvalue weighted by Crippen LogP contribution is -1.98. The van der Waals surface area contributed by atoms with Gasteiger partial charge in [-0.05, 0) is 126 Å². The van der Waals surface area contributed by atoms with Crippen molar-refractivity contribution in [3.8, 4) is 23.0 Å². The highest BCUT2D eigenvalue weighted by atomic mass is 16.5. The Bertz CT molecular complexity index is 1200. The SMILES string of the molecule is COc1c(O)c(C)c(C/C=C(/C)CC/C=C(\C)CC/C=C(\C)CC/C=C(\C)CC/C=C(\C)CCC=C(C)C)c(O)c1OC. The van der Waals surface area contributed by atoms with Crippen molar-refractivity contribution < 1.29 is 19.7 Å². The van der Waals surface area contributed by atoms with E-state index in [0.717, 1.165) is 57.8 Å². The van der Waals surface area contributed by atoms with E-state index in [1.54, 1.807) is 6.92 Å². The first-order valence-electron chi connectivity index (χ1n) is 16.0. The van der Waals surface area contributed by atoms with Gasteiger partial charge < -0.3 is 19.7 Å². The zero-order valence-electron chi connectivity index (χ0n) is 29.0. The fourth-order valence-electron chi connectivity index (χ4n) is 5.03. The van der Waals surface area contributed by atoms with Gasteiger partial charge in [-0.3, -0.25) is 0 Å². The minimum atomic E-state index is 0.00697. The topological polar surface area (TPSA) is 58.9 Å². The number of rotatable bonds is 19. The third kappa shape index (κ3) is 14.7. The van der Waals surface area contributed by atoms with Crippen LogP contribution in [0.2, 0.25) is 0 Å². The van der Waals surface area contributed by atoms with E-state index in [4.69, 9.17) is 9.47 Å². The van der Waals surface area contributed by atoms with Crippen molar-refractivity contribution in [3.05, 3.63) is 81.0 Å². The highest BCUT2D eigenvalue weighted by Crippen LogP contribution is 2.48. The molecule has 0 radical (unpaired) electrons. The summed E-state index contributed by atoms with van der Waals surface area (Å²) in [5, 5.41) is 21.1. The van der Waals surface area contributed by atoms with E-state index < -0.39 is 0 Å². The molecule has 1 aromatic rings. The summed E-state index contributed by atoms with van der Waals surface area (Å²) >= 11 is 0. The van der Waals surface area contributed by atoms with Gasteiger partial charge in [-0.15, -0.1) is 0 Å². The van der Waals surface area contributed by atoms with Crippen molar-refractivity contribution in [2.45, 2.75) is 126 Å². The molecule has 0 aliphatic rings. The van der Waals surface area contributed by atoms with Gasteiger partial charge in [0.2, 0.25) is 11.5 Å². The summed E-state index contributed by atoms with van der Waals surface area (Å²) in [5.74, 6) is 0.358. The first-order valence-corrected chi connectivity index (χ1v) is 16.0. The van der Waals surface area contributed by atoms with Crippen LogP contribution in [0.1, 0.15) is 124 Å². The minimum Gasteiger partial charge on any atom is -0.504 e. The number of phenols is 2. The number of hydrogen-bond donors (Lipinski definition) is 2. The van der Waals surface area contributed by atoms with Gasteiger partial charge in [0.05, 0.1) is 14.2 Å². The second kappa shape index (κ2) is 20.7. The Morgan fingerprint density at radius 2 is 0.837 bits per heavy atom. The average molecular weight is 593 g/mol. The van der Waals surface area contributed by atoms with Gasteiger partial charge >= 0.3 is 0 Å². The molecule has 2 N–H and O–H groups in total. The first kappa shape index (κ1) is 37.9. The minimum absolute atomic E-state index is 0.00697. The van der Waals surface area contributed by atoms with Crippen LogP contribution in [-0.4, -0.2) is 24.4 Å². The molecule has 0 unspecified atom stereocenters. The maximum absolute atomic E-state index is 10.7. The van der Waals surface area contributed by atoms with E-state index in [2.05, 4.69) is 84.9 Å². The second-order valence-corrected chi connectivity index (χ2v) is 12.3. The van der Waals surface area contributed by atoms with E-state index in [1.807, 2.05) is 0 Å². The number of methoxy groups -OCH3 is 2. The van der Waals surface area contributed by atoms with E-state index in [-0.39, 0.29) is 23.0 Å². The molecule has 1 aromatic carbocycles. The third-order valence-electron chi connectivity index (χ3n) is 8.01. The first-order chi connectivity index (χ1) is 20.4. The Labute approximate surface area is 263 Å². The molecule has 0 spiro atoms. The van der Waals surface area contributed by atoms with Gasteiger partial charge in [0.15, 0.2) is 11.5 Å². The summed E-state index contributed by atoms with van der Waals surface area (Å²) in [7, 11) is 2.90. The van der Waals surface area contributed by atoms with Gasteiger partial charge in [0.25, 0.3) is 0 Å². The zero-order chi connectivity index (χ0) is 32.4. The largest absolute Gasteiger partial charge is 0.504 e. The molecule has 0 saturated carbocycles. The van der Waals surface area contributed by atoms with Crippen LogP contribution in [0.4, 0.5) is 0 Å². The Morgan fingerprint density at radius 1 is 0.512 bits per heavy atom. The molecule has 0 atom stereocenters. The van der Waals surface area contributed by atoms with Crippen molar-refractivity contribution in [2.24, 2.45) is 0 Å². The van der Waals surface area contributed by atoms with Crippen LogP contribution in [0, 0.1) is 6.92 Å². The van der Waals surface area contributed by atoms with Crippen LogP contribution in [-0.2, 0) is 6.42 Å². The van der Waals surface area contributed by atoms with Gasteiger partial charge in [0.1, 0.15) is 0 Å². The van der Waals surface area contributed by atoms with Crippen molar-refractivity contribution in [1.29, 1.82) is 0 Å². The summed E-state index contributed by atoms with van der Waals surface area (Å²) in [6.07, 6.45) is 25.5. The molecule has 1 rings (SSSR count). The number of ether oxygens (including phenoxy) is 2. The average Bonchev–Trinajstić information content (AvgIpc) is 2.94. The van der Waals surface area contributed by atoms with Gasteiger partial charge in [-0.25, -0.2) is 0 Å². The number of phenolic OH excluding ortho intramolecular Hbond substituents is 2. The van der Waals surface area contributed by atoms with Gasteiger partial charge in [-0.1, -0.05) is 69.9 Å². The van der Waals surface area contributed by atoms with Crippen molar-refractivity contribution in [3.63, 3.8) is 0 Å². The quantitative estimate of drug-likeness (QED) is 0.124. The predicted octanol–water partition coefficient (Wildman–Crippen LogP) is 11.6. The standard InChI is InChI=1S/C39H60O4/c1-28(2)16-11-17-29(3)18-12-19-30(4)20-13-21-31(5)22-14-23-32(6)24-15-25-33(7)26-27-35-34(8)36(40)38(42-9)39(43-10)37(35)41/h16,18,20,22,24,26,40-41H,11-15,17,19,21,23,25,27H2,1-10H3/b29-18+,30-20+,31-22+,32-24+,33-26-. The number of hydrogen-bond acceptors (Lipinski definition) is 4. The molecule has 240 valence electrons. The van der Waals surface area contributed by atoms with Crippen LogP contribution in [0.15, 0.2) is 69.9 Å². The molecular formula is C39H60O4. The summed E-state index contributed by atoms with van der Waals surface area (Å²) in [6.45, 7) is 17.2. The monoisotopic (exact) mass is 592 g/mol. The molecule has 4 heteroatoms. The molecule has 0 fully saturated rings. The summed E-state index contributed by atoms with van der Waals surface area (Å²) < 4.78 is 10.5. The van der Waals surface area contributed by atoms with Crippen LogP contribution < -0.4 is 9.47 Å². The van der Waals surface area contributed by atoms with E-state index in [0.29, 0.717) is 17.5 Å². The van der Waals surface area contributed by atoms with Gasteiger partial charge in [0, 0.05) is 11.1 Å². The molecule has 0 aliphatic heterocycles. The zero-order valence-corrected chi connectivity index (χ0v) is 29.0. The summed E-state index contributed by atoms with van der Waals surface area (Å²) in [4.78, 5) is 0. The van der Waals surface area contributed by atoms with Crippen LogP contribution in [0.3, 0.4) is 0 Å². The number of aromatic hydroxyl groups is 2. The molecule has 4 nitrogen and oxygen atoms in total. The van der Waals surface area contributed by atoms with Crippen LogP contribution >= 0.6 is 0 Å². The van der Waals surface area contributed by atoms with E-state index in [1.165, 1.54) is 54.1 Å². The molecular weight excluding hydrogens is 532 g/mol. The van der Waals surface area contributed by atoms with Crippen LogP contribution in [0.25, 0.3) is 0 Å². The lowest BCUT2D eigenvalue weighted by molar-refractivity contribution is 0.314. The Balaban J connectivity index is 2.44. The molecule has 0 heterocycles. The van der Waals surface area contributed by atoms with Crippen molar-refractivity contribution >= 4 is 0 Å². The van der Waals surface area contributed by atoms with Crippen LogP contribution in [0.5, 0.6) is 23.0 Å². The Hall–Kier alpha value is -3.14. The highest BCUT2D eigenvalue weighted by molar-refractivity contribution is 5.66. The smallest absolute Gasteiger partial charge is 0.207 e. The van der Waals surface area contributed by atoms with E-state index >= 15 is 0 Å². The normalized spacial score (nSPS) is 13.4. The molecule has 0 bridgehead atoms. The molecule has 0 amide bonds. The Kier molecular flexibility index (Phi) is 18.2. The second-order valence-electron chi connectivity index (χ2n) is 12.3. The molecule has 0 saturated heterocycles.